The summed E-state index contributed by atoms with van der Waals surface area (Å²) in [6, 6.07) is 6.00. The minimum atomic E-state index is -3.83. The van der Waals surface area contributed by atoms with E-state index in [0.29, 0.717) is 19.4 Å². The molecule has 7 heteroatoms. The number of nitrogens with zero attached hydrogens (tertiary/aromatic N) is 2. The number of benzene rings is 1. The van der Waals surface area contributed by atoms with Crippen LogP contribution >= 0.6 is 11.6 Å². The number of β-amino-alcohol motifs (C(OH)–C–C–N with tert-alkyl or cyclic N) is 1. The lowest BCUT2D eigenvalue weighted by Crippen LogP contribution is -2.48. The van der Waals surface area contributed by atoms with Crippen molar-refractivity contribution in [2.75, 3.05) is 13.1 Å². The van der Waals surface area contributed by atoms with E-state index in [1.54, 1.807) is 6.92 Å². The van der Waals surface area contributed by atoms with E-state index in [0.717, 1.165) is 0 Å². The van der Waals surface area contributed by atoms with Crippen molar-refractivity contribution in [3.8, 4) is 6.07 Å². The molecule has 108 valence electrons. The molecule has 0 aliphatic carbocycles. The van der Waals surface area contributed by atoms with Crippen LogP contribution in [0.1, 0.15) is 25.3 Å². The molecule has 1 fully saturated rings. The molecule has 1 N–H and O–H groups in total. The number of rotatable bonds is 2. The lowest BCUT2D eigenvalue weighted by molar-refractivity contribution is 0.00939. The molecule has 1 aromatic carbocycles. The van der Waals surface area contributed by atoms with Gasteiger partial charge in [0.25, 0.3) is 0 Å². The summed E-state index contributed by atoms with van der Waals surface area (Å²) in [4.78, 5) is -0.106. The molecule has 0 spiro atoms. The van der Waals surface area contributed by atoms with E-state index in [2.05, 4.69) is 0 Å². The molecule has 0 aromatic heterocycles. The molecule has 1 unspecified atom stereocenters. The van der Waals surface area contributed by atoms with Crippen LogP contribution in [0.2, 0.25) is 5.02 Å². The molecule has 0 amide bonds. The predicted molar refractivity (Wildman–Crippen MR) is 74.8 cm³/mol. The van der Waals surface area contributed by atoms with Gasteiger partial charge in [0, 0.05) is 18.1 Å². The van der Waals surface area contributed by atoms with Crippen LogP contribution in [0, 0.1) is 11.3 Å². The van der Waals surface area contributed by atoms with Crippen molar-refractivity contribution in [2.45, 2.75) is 30.3 Å². The van der Waals surface area contributed by atoms with E-state index in [-0.39, 0.29) is 22.0 Å². The first-order valence-electron chi connectivity index (χ1n) is 6.18. The Morgan fingerprint density at radius 1 is 1.50 bits per heavy atom. The normalized spacial score (nSPS) is 24.3. The van der Waals surface area contributed by atoms with Gasteiger partial charge in [-0.05, 0) is 38.0 Å². The van der Waals surface area contributed by atoms with Crippen molar-refractivity contribution in [1.82, 2.24) is 4.31 Å². The van der Waals surface area contributed by atoms with Crippen molar-refractivity contribution in [2.24, 2.45) is 0 Å². The summed E-state index contributed by atoms with van der Waals surface area (Å²) in [5, 5.41) is 19.3. The van der Waals surface area contributed by atoms with Gasteiger partial charge in [-0.2, -0.15) is 9.57 Å². The number of sulfonamides is 1. The van der Waals surface area contributed by atoms with E-state index in [1.807, 2.05) is 6.07 Å². The molecule has 1 atom stereocenters. The number of hydrogen-bond acceptors (Lipinski definition) is 4. The second-order valence-corrected chi connectivity index (χ2v) is 7.53. The Balaban J connectivity index is 2.46. The third kappa shape index (κ3) is 2.96. The lowest BCUT2D eigenvalue weighted by atomic mass is 9.97. The minimum absolute atomic E-state index is 0.0206. The largest absolute Gasteiger partial charge is 0.389 e. The van der Waals surface area contributed by atoms with Crippen molar-refractivity contribution in [3.05, 3.63) is 28.8 Å². The Kier molecular flexibility index (Phi) is 4.07. The van der Waals surface area contributed by atoms with Gasteiger partial charge in [-0.1, -0.05) is 11.6 Å². The maximum absolute atomic E-state index is 12.6. The van der Waals surface area contributed by atoms with Gasteiger partial charge in [0.2, 0.25) is 10.0 Å². The van der Waals surface area contributed by atoms with E-state index in [9.17, 15) is 13.5 Å². The van der Waals surface area contributed by atoms with Crippen molar-refractivity contribution in [3.63, 3.8) is 0 Å². The SMILES string of the molecule is CC1(O)CCCN(S(=O)(=O)c2cc(Cl)ccc2C#N)C1. The third-order valence-corrected chi connectivity index (χ3v) is 5.44. The quantitative estimate of drug-likeness (QED) is 0.901. The van der Waals surface area contributed by atoms with Crippen LogP contribution < -0.4 is 0 Å². The molecular formula is C13H15ClN2O3S. The summed E-state index contributed by atoms with van der Waals surface area (Å²) < 4.78 is 26.4. The molecule has 1 aliphatic heterocycles. The van der Waals surface area contributed by atoms with Crippen molar-refractivity contribution in [1.29, 1.82) is 5.26 Å². The Bertz CT molecular complexity index is 665. The summed E-state index contributed by atoms with van der Waals surface area (Å²) in [7, 11) is -3.83. The van der Waals surface area contributed by atoms with Gasteiger partial charge in [-0.25, -0.2) is 8.42 Å². The van der Waals surface area contributed by atoms with Crippen molar-refractivity contribution >= 4 is 21.6 Å². The number of halogens is 1. The molecule has 1 heterocycles. The van der Waals surface area contributed by atoms with Crippen LogP contribution in [0.4, 0.5) is 0 Å². The molecule has 5 nitrogen and oxygen atoms in total. The average Bonchev–Trinajstić information content (AvgIpc) is 2.37. The number of aliphatic hydroxyl groups is 1. The van der Waals surface area contributed by atoms with Crippen LogP contribution in [0.3, 0.4) is 0 Å². The van der Waals surface area contributed by atoms with Crippen LogP contribution in [0.15, 0.2) is 23.1 Å². The Morgan fingerprint density at radius 3 is 2.80 bits per heavy atom. The first kappa shape index (κ1) is 15.3. The maximum atomic E-state index is 12.6. The highest BCUT2D eigenvalue weighted by atomic mass is 35.5. The summed E-state index contributed by atoms with van der Waals surface area (Å²) in [5.74, 6) is 0. The van der Waals surface area contributed by atoms with Crippen LogP contribution in [0.25, 0.3) is 0 Å². The summed E-state index contributed by atoms with van der Waals surface area (Å²) in [5.41, 5.74) is -0.990. The third-order valence-electron chi connectivity index (χ3n) is 3.32. The van der Waals surface area contributed by atoms with E-state index in [4.69, 9.17) is 16.9 Å². The Morgan fingerprint density at radius 2 is 2.20 bits per heavy atom. The van der Waals surface area contributed by atoms with Gasteiger partial charge in [0.05, 0.1) is 11.2 Å². The fourth-order valence-corrected chi connectivity index (χ4v) is 4.32. The molecule has 0 radical (unpaired) electrons. The average molecular weight is 315 g/mol. The summed E-state index contributed by atoms with van der Waals surface area (Å²) in [6.45, 7) is 1.96. The van der Waals surface area contributed by atoms with Crippen molar-refractivity contribution < 1.29 is 13.5 Å². The van der Waals surface area contributed by atoms with Crippen LogP contribution in [-0.2, 0) is 10.0 Å². The highest BCUT2D eigenvalue weighted by molar-refractivity contribution is 7.89. The molecule has 0 bridgehead atoms. The van der Waals surface area contributed by atoms with E-state index in [1.165, 1.54) is 22.5 Å². The second kappa shape index (κ2) is 5.34. The molecular weight excluding hydrogens is 300 g/mol. The molecule has 20 heavy (non-hydrogen) atoms. The fraction of sp³-hybridized carbons (Fsp3) is 0.462. The zero-order valence-electron chi connectivity index (χ0n) is 11.0. The molecule has 1 aliphatic rings. The molecule has 0 saturated carbocycles. The Labute approximate surface area is 123 Å². The van der Waals surface area contributed by atoms with Gasteiger partial charge < -0.3 is 5.11 Å². The van der Waals surface area contributed by atoms with Gasteiger partial charge in [-0.15, -0.1) is 0 Å². The van der Waals surface area contributed by atoms with Gasteiger partial charge in [-0.3, -0.25) is 0 Å². The first-order valence-corrected chi connectivity index (χ1v) is 8.00. The highest BCUT2D eigenvalue weighted by Crippen LogP contribution is 2.28. The summed E-state index contributed by atoms with van der Waals surface area (Å²) in [6.07, 6.45) is 1.13. The zero-order valence-corrected chi connectivity index (χ0v) is 12.6. The highest BCUT2D eigenvalue weighted by Gasteiger charge is 2.36. The van der Waals surface area contributed by atoms with E-state index >= 15 is 0 Å². The summed E-state index contributed by atoms with van der Waals surface area (Å²) >= 11 is 5.83. The number of nitriles is 1. The lowest BCUT2D eigenvalue weighted by Gasteiger charge is -2.36. The predicted octanol–water partition coefficient (Wildman–Crippen LogP) is 1.75. The van der Waals surface area contributed by atoms with Gasteiger partial charge in [0.1, 0.15) is 11.0 Å². The fourth-order valence-electron chi connectivity index (χ4n) is 2.32. The zero-order chi connectivity index (χ0) is 15.0. The molecule has 1 aromatic rings. The molecule has 1 saturated heterocycles. The second-order valence-electron chi connectivity index (χ2n) is 5.19. The van der Waals surface area contributed by atoms with Gasteiger partial charge in [0.15, 0.2) is 0 Å². The van der Waals surface area contributed by atoms with Crippen LogP contribution in [-0.4, -0.2) is 36.5 Å². The van der Waals surface area contributed by atoms with Gasteiger partial charge >= 0.3 is 0 Å². The van der Waals surface area contributed by atoms with E-state index < -0.39 is 15.6 Å². The minimum Gasteiger partial charge on any atom is -0.389 e. The van der Waals surface area contributed by atoms with Crippen LogP contribution in [0.5, 0.6) is 0 Å². The number of hydrogen-bond donors (Lipinski definition) is 1. The standard InChI is InChI=1S/C13H15ClN2O3S/c1-13(17)5-2-6-16(9-13)20(18,19)12-7-11(14)4-3-10(12)8-15/h3-4,7,17H,2,5-6,9H2,1H3. The number of piperidine rings is 1. The topological polar surface area (TPSA) is 81.4 Å². The monoisotopic (exact) mass is 314 g/mol. The Hall–Kier alpha value is -1.13. The molecule has 2 rings (SSSR count). The maximum Gasteiger partial charge on any atom is 0.244 e. The first-order chi connectivity index (χ1) is 9.26. The smallest absolute Gasteiger partial charge is 0.244 e.